The van der Waals surface area contributed by atoms with Gasteiger partial charge in [0.2, 0.25) is 6.29 Å². The zero-order valence-corrected chi connectivity index (χ0v) is 21.2. The molecule has 0 radical (unpaired) electrons. The van der Waals surface area contributed by atoms with Crippen molar-refractivity contribution in [2.24, 2.45) is 11.8 Å². The molecule has 0 amide bonds. The summed E-state index contributed by atoms with van der Waals surface area (Å²) < 4.78 is 45.2. The molecule has 0 saturated carbocycles. The average Bonchev–Trinajstić information content (AvgIpc) is 2.81. The second kappa shape index (κ2) is 11.7. The summed E-state index contributed by atoms with van der Waals surface area (Å²) in [5, 5.41) is 59.4. The van der Waals surface area contributed by atoms with Crippen LogP contribution < -0.4 is 8.92 Å². The summed E-state index contributed by atoms with van der Waals surface area (Å²) in [7, 11) is -4.77. The summed E-state index contributed by atoms with van der Waals surface area (Å²) in [6, 6.07) is 8.62. The Bertz CT molecular complexity index is 1250. The SMILES string of the molecule is CC(Cc1ccc(OC2OC(C(=O)O)C(O)C(O)C2O)c(O)c1)C(C)Cc1ccc(OS(=O)(=O)O)c(O)c1. The van der Waals surface area contributed by atoms with Crippen LogP contribution in [0.1, 0.15) is 25.0 Å². The number of aromatic hydroxyl groups is 2. The van der Waals surface area contributed by atoms with E-state index in [2.05, 4.69) is 4.18 Å². The predicted octanol–water partition coefficient (Wildman–Crippen LogP) is 0.608. The lowest BCUT2D eigenvalue weighted by atomic mass is 9.85. The number of carboxylic acid groups (broad SMARTS) is 1. The molecule has 2 aromatic rings. The van der Waals surface area contributed by atoms with Crippen LogP contribution >= 0.6 is 0 Å². The number of aliphatic carboxylic acids is 1. The van der Waals surface area contributed by atoms with E-state index < -0.39 is 58.6 Å². The molecule has 2 aromatic carbocycles. The van der Waals surface area contributed by atoms with Gasteiger partial charge in [0.15, 0.2) is 29.1 Å². The zero-order chi connectivity index (χ0) is 28.4. The molecule has 7 atom stereocenters. The first kappa shape index (κ1) is 29.4. The van der Waals surface area contributed by atoms with Crippen LogP contribution in [0, 0.1) is 11.8 Å². The van der Waals surface area contributed by atoms with Crippen LogP contribution in [0.15, 0.2) is 36.4 Å². The molecular weight excluding hydrogens is 528 g/mol. The third-order valence-electron chi connectivity index (χ3n) is 6.38. The van der Waals surface area contributed by atoms with Crippen molar-refractivity contribution in [3.63, 3.8) is 0 Å². The Morgan fingerprint density at radius 3 is 1.84 bits per heavy atom. The number of phenols is 2. The van der Waals surface area contributed by atoms with E-state index in [1.165, 1.54) is 24.3 Å². The van der Waals surface area contributed by atoms with E-state index in [0.29, 0.717) is 18.4 Å². The van der Waals surface area contributed by atoms with Crippen molar-refractivity contribution < 1.29 is 62.1 Å². The molecule has 1 fully saturated rings. The van der Waals surface area contributed by atoms with Gasteiger partial charge in [-0.2, -0.15) is 8.42 Å². The predicted molar refractivity (Wildman–Crippen MR) is 129 cm³/mol. The second-order valence-electron chi connectivity index (χ2n) is 9.33. The van der Waals surface area contributed by atoms with E-state index in [1.54, 1.807) is 12.1 Å². The fraction of sp³-hybridized carbons (Fsp3) is 0.458. The molecule has 1 heterocycles. The Morgan fingerprint density at radius 2 is 1.39 bits per heavy atom. The quantitative estimate of drug-likeness (QED) is 0.199. The largest absolute Gasteiger partial charge is 0.504 e. The van der Waals surface area contributed by atoms with Crippen molar-refractivity contribution in [2.45, 2.75) is 57.4 Å². The molecule has 14 heteroatoms. The van der Waals surface area contributed by atoms with Crippen LogP contribution in [0.2, 0.25) is 0 Å². The first-order chi connectivity index (χ1) is 17.7. The number of hydrogen-bond acceptors (Lipinski definition) is 11. The third-order valence-corrected chi connectivity index (χ3v) is 6.77. The number of carbonyl (C=O) groups is 1. The van der Waals surface area contributed by atoms with Crippen molar-refractivity contribution in [3.8, 4) is 23.0 Å². The Kier molecular flexibility index (Phi) is 9.07. The zero-order valence-electron chi connectivity index (χ0n) is 20.4. The van der Waals surface area contributed by atoms with Gasteiger partial charge in [-0.15, -0.1) is 0 Å². The lowest BCUT2D eigenvalue weighted by molar-refractivity contribution is -0.271. The number of phenolic OH excluding ortho intramolecular Hbond substituents is 2. The minimum atomic E-state index is -4.77. The highest BCUT2D eigenvalue weighted by Gasteiger charge is 2.48. The Labute approximate surface area is 218 Å². The van der Waals surface area contributed by atoms with Crippen LogP contribution in [0.25, 0.3) is 0 Å². The number of benzene rings is 2. The van der Waals surface area contributed by atoms with Crippen molar-refractivity contribution in [1.29, 1.82) is 0 Å². The van der Waals surface area contributed by atoms with Crippen LogP contribution in [0.3, 0.4) is 0 Å². The van der Waals surface area contributed by atoms with E-state index in [4.69, 9.17) is 19.1 Å². The van der Waals surface area contributed by atoms with Crippen molar-refractivity contribution in [2.75, 3.05) is 0 Å². The Hall–Kier alpha value is -3.14. The fourth-order valence-corrected chi connectivity index (χ4v) is 4.45. The first-order valence-electron chi connectivity index (χ1n) is 11.6. The molecule has 0 bridgehead atoms. The maximum atomic E-state index is 11.2. The summed E-state index contributed by atoms with van der Waals surface area (Å²) in [5.41, 5.74) is 1.44. The molecule has 38 heavy (non-hydrogen) atoms. The minimum absolute atomic E-state index is 0.0764. The molecule has 1 aliphatic rings. The molecule has 13 nitrogen and oxygen atoms in total. The molecule has 7 unspecified atom stereocenters. The molecule has 0 spiro atoms. The van der Waals surface area contributed by atoms with E-state index in [1.807, 2.05) is 13.8 Å². The topological polar surface area (TPSA) is 221 Å². The van der Waals surface area contributed by atoms with E-state index in [0.717, 1.165) is 5.56 Å². The summed E-state index contributed by atoms with van der Waals surface area (Å²) in [6.45, 7) is 3.95. The van der Waals surface area contributed by atoms with E-state index >= 15 is 0 Å². The number of aliphatic hydroxyl groups is 3. The standard InChI is InChI=1S/C24H30O13S/c1-11(12(2)8-14-4-6-18(16(26)10-14)37-38(32,33)34)7-13-3-5-17(15(25)9-13)35-24-21(29)19(27)20(28)22(36-24)23(30)31/h3-6,9-12,19-22,24-29H,7-8H2,1-2H3,(H,30,31)(H,32,33,34). The molecule has 1 aliphatic heterocycles. The Balaban J connectivity index is 1.62. The highest BCUT2D eigenvalue weighted by Crippen LogP contribution is 2.33. The van der Waals surface area contributed by atoms with Crippen molar-refractivity contribution in [1.82, 2.24) is 0 Å². The summed E-state index contributed by atoms with van der Waals surface area (Å²) in [4.78, 5) is 11.2. The monoisotopic (exact) mass is 558 g/mol. The fourth-order valence-electron chi connectivity index (χ4n) is 4.08. The first-order valence-corrected chi connectivity index (χ1v) is 12.9. The van der Waals surface area contributed by atoms with Gasteiger partial charge in [-0.1, -0.05) is 26.0 Å². The van der Waals surface area contributed by atoms with Gasteiger partial charge >= 0.3 is 16.4 Å². The van der Waals surface area contributed by atoms with Gasteiger partial charge in [0.25, 0.3) is 0 Å². The lowest BCUT2D eigenvalue weighted by Crippen LogP contribution is -2.61. The van der Waals surface area contributed by atoms with E-state index in [-0.39, 0.29) is 23.3 Å². The minimum Gasteiger partial charge on any atom is -0.504 e. The smallest absolute Gasteiger partial charge is 0.446 e. The van der Waals surface area contributed by atoms with Gasteiger partial charge in [0.1, 0.15) is 18.3 Å². The van der Waals surface area contributed by atoms with Gasteiger partial charge in [0, 0.05) is 0 Å². The third kappa shape index (κ3) is 7.24. The van der Waals surface area contributed by atoms with Gasteiger partial charge in [-0.05, 0) is 60.1 Å². The molecule has 7 N–H and O–H groups in total. The number of rotatable bonds is 10. The van der Waals surface area contributed by atoms with Crippen LogP contribution in [-0.4, -0.2) is 80.3 Å². The number of ether oxygens (including phenoxy) is 2. The molecular formula is C24H30O13S. The number of carboxylic acids is 1. The van der Waals surface area contributed by atoms with Gasteiger partial charge in [-0.25, -0.2) is 4.79 Å². The van der Waals surface area contributed by atoms with Crippen LogP contribution in [0.4, 0.5) is 0 Å². The maximum Gasteiger partial charge on any atom is 0.446 e. The molecule has 210 valence electrons. The molecule has 0 aliphatic carbocycles. The van der Waals surface area contributed by atoms with Gasteiger partial charge < -0.3 is 44.3 Å². The van der Waals surface area contributed by atoms with Gasteiger partial charge in [0.05, 0.1) is 0 Å². The number of hydrogen-bond donors (Lipinski definition) is 7. The normalized spacial score (nSPS) is 25.4. The molecule has 3 rings (SSSR count). The highest BCUT2D eigenvalue weighted by atomic mass is 32.3. The summed E-state index contributed by atoms with van der Waals surface area (Å²) in [6.07, 6.45) is -7.93. The summed E-state index contributed by atoms with van der Waals surface area (Å²) in [5.74, 6) is -2.69. The van der Waals surface area contributed by atoms with Crippen LogP contribution in [0.5, 0.6) is 23.0 Å². The van der Waals surface area contributed by atoms with Gasteiger partial charge in [-0.3, -0.25) is 4.55 Å². The molecule has 1 saturated heterocycles. The lowest BCUT2D eigenvalue weighted by Gasteiger charge is -2.38. The van der Waals surface area contributed by atoms with Crippen LogP contribution in [-0.2, 0) is 32.8 Å². The number of aliphatic hydroxyl groups excluding tert-OH is 3. The van der Waals surface area contributed by atoms with E-state index in [9.17, 15) is 38.7 Å². The highest BCUT2D eigenvalue weighted by molar-refractivity contribution is 7.81. The maximum absolute atomic E-state index is 11.2. The summed E-state index contributed by atoms with van der Waals surface area (Å²) >= 11 is 0. The van der Waals surface area contributed by atoms with Crippen molar-refractivity contribution >= 4 is 16.4 Å². The van der Waals surface area contributed by atoms with Crippen molar-refractivity contribution in [3.05, 3.63) is 47.5 Å². The average molecular weight is 559 g/mol. The molecule has 0 aromatic heterocycles. The second-order valence-corrected chi connectivity index (χ2v) is 10.4. The Morgan fingerprint density at radius 1 is 0.895 bits per heavy atom.